The molecule has 5 heteroatoms. The van der Waals surface area contributed by atoms with Gasteiger partial charge in [-0.15, -0.1) is 11.8 Å². The number of thioether (sulfide) groups is 1. The van der Waals surface area contributed by atoms with Gasteiger partial charge in [0.25, 0.3) is 6.04 Å². The molecule has 0 radical (unpaired) electrons. The highest BCUT2D eigenvalue weighted by molar-refractivity contribution is 8.00. The first kappa shape index (κ1) is 11.8. The molecule has 0 aromatic rings. The molecule has 14 heavy (non-hydrogen) atoms. The van der Waals surface area contributed by atoms with Crippen molar-refractivity contribution in [1.29, 1.82) is 0 Å². The summed E-state index contributed by atoms with van der Waals surface area (Å²) in [5, 5.41) is 20.2. The summed E-state index contributed by atoms with van der Waals surface area (Å²) in [6.45, 7) is 4.11. The number of aliphatic hydroxyl groups is 1. The van der Waals surface area contributed by atoms with Crippen molar-refractivity contribution in [3.63, 3.8) is 0 Å². The fourth-order valence-electron chi connectivity index (χ4n) is 2.01. The van der Waals surface area contributed by atoms with Gasteiger partial charge in [-0.3, -0.25) is 10.1 Å². The summed E-state index contributed by atoms with van der Waals surface area (Å²) in [4.78, 5) is 10.4. The van der Waals surface area contributed by atoms with Gasteiger partial charge in [0, 0.05) is 10.7 Å². The first-order valence-corrected chi connectivity index (χ1v) is 6.06. The maximum atomic E-state index is 10.8. The van der Waals surface area contributed by atoms with Crippen LogP contribution in [0.2, 0.25) is 0 Å². The molecule has 1 fully saturated rings. The second kappa shape index (κ2) is 4.98. The van der Waals surface area contributed by atoms with Crippen LogP contribution in [0, 0.1) is 16.0 Å². The van der Waals surface area contributed by atoms with E-state index in [-0.39, 0.29) is 10.2 Å². The van der Waals surface area contributed by atoms with Gasteiger partial charge in [0.1, 0.15) is 6.10 Å². The Morgan fingerprint density at radius 3 is 2.86 bits per heavy atom. The number of hydrogen-bond acceptors (Lipinski definition) is 4. The molecule has 4 atom stereocenters. The number of nitro groups is 1. The fraction of sp³-hybridized carbons (Fsp3) is 1.00. The summed E-state index contributed by atoms with van der Waals surface area (Å²) in [5.74, 6) is 0.822. The molecule has 1 N–H and O–H groups in total. The SMILES string of the molecule is CCCC(C)C1SCC(O)C1[N+](=O)[O-]. The zero-order valence-corrected chi connectivity index (χ0v) is 9.37. The van der Waals surface area contributed by atoms with Crippen LogP contribution in [0.25, 0.3) is 0 Å². The molecule has 1 heterocycles. The van der Waals surface area contributed by atoms with Gasteiger partial charge >= 0.3 is 0 Å². The van der Waals surface area contributed by atoms with Crippen LogP contribution in [0.15, 0.2) is 0 Å². The Labute approximate surface area is 88.2 Å². The molecule has 4 nitrogen and oxygen atoms in total. The number of hydrogen-bond donors (Lipinski definition) is 1. The second-order valence-electron chi connectivity index (χ2n) is 3.91. The Morgan fingerprint density at radius 1 is 1.71 bits per heavy atom. The van der Waals surface area contributed by atoms with Crippen molar-refractivity contribution in [1.82, 2.24) is 0 Å². The Kier molecular flexibility index (Phi) is 4.19. The molecule has 1 rings (SSSR count). The van der Waals surface area contributed by atoms with E-state index < -0.39 is 12.1 Å². The van der Waals surface area contributed by atoms with Crippen LogP contribution in [0.5, 0.6) is 0 Å². The highest BCUT2D eigenvalue weighted by atomic mass is 32.2. The van der Waals surface area contributed by atoms with Crippen LogP contribution >= 0.6 is 11.8 Å². The standard InChI is InChI=1S/C9H17NO3S/c1-3-4-6(2)9-8(10(12)13)7(11)5-14-9/h6-9,11H,3-5H2,1-2H3. The molecule has 4 unspecified atom stereocenters. The van der Waals surface area contributed by atoms with E-state index in [4.69, 9.17) is 0 Å². The second-order valence-corrected chi connectivity index (χ2v) is 5.12. The zero-order chi connectivity index (χ0) is 10.7. The molecule has 82 valence electrons. The highest BCUT2D eigenvalue weighted by Gasteiger charge is 2.46. The lowest BCUT2D eigenvalue weighted by Crippen LogP contribution is -2.39. The number of aliphatic hydroxyl groups excluding tert-OH is 1. The van der Waals surface area contributed by atoms with Crippen molar-refractivity contribution in [2.75, 3.05) is 5.75 Å². The fourth-order valence-corrected chi connectivity index (χ4v) is 3.57. The lowest BCUT2D eigenvalue weighted by atomic mass is 9.95. The number of nitrogens with zero attached hydrogens (tertiary/aromatic N) is 1. The van der Waals surface area contributed by atoms with Crippen molar-refractivity contribution >= 4 is 11.8 Å². The van der Waals surface area contributed by atoms with Gasteiger partial charge in [-0.05, 0) is 12.3 Å². The third-order valence-electron chi connectivity index (χ3n) is 2.74. The Balaban J connectivity index is 2.63. The molecule has 0 bridgehead atoms. The monoisotopic (exact) mass is 219 g/mol. The number of rotatable bonds is 4. The summed E-state index contributed by atoms with van der Waals surface area (Å²) in [6, 6.07) is -0.762. The van der Waals surface area contributed by atoms with Gasteiger partial charge in [-0.25, -0.2) is 0 Å². The minimum atomic E-state index is -0.765. The van der Waals surface area contributed by atoms with Gasteiger partial charge < -0.3 is 5.11 Å². The van der Waals surface area contributed by atoms with Crippen LogP contribution in [-0.4, -0.2) is 33.2 Å². The van der Waals surface area contributed by atoms with E-state index >= 15 is 0 Å². The minimum absolute atomic E-state index is 0.0139. The van der Waals surface area contributed by atoms with Gasteiger partial charge in [0.05, 0.1) is 5.25 Å². The van der Waals surface area contributed by atoms with E-state index in [2.05, 4.69) is 6.92 Å². The van der Waals surface area contributed by atoms with E-state index in [0.29, 0.717) is 11.7 Å². The molecule has 1 aliphatic rings. The lowest BCUT2D eigenvalue weighted by molar-refractivity contribution is -0.532. The predicted molar refractivity (Wildman–Crippen MR) is 57.1 cm³/mol. The normalized spacial score (nSPS) is 34.4. The van der Waals surface area contributed by atoms with Gasteiger partial charge in [-0.1, -0.05) is 20.3 Å². The Bertz CT molecular complexity index is 212. The van der Waals surface area contributed by atoms with Crippen molar-refractivity contribution < 1.29 is 10.0 Å². The Morgan fingerprint density at radius 2 is 2.36 bits per heavy atom. The molecule has 1 saturated heterocycles. The van der Waals surface area contributed by atoms with Crippen molar-refractivity contribution in [2.45, 2.75) is 44.1 Å². The largest absolute Gasteiger partial charge is 0.385 e. The van der Waals surface area contributed by atoms with E-state index in [0.717, 1.165) is 12.8 Å². The summed E-state index contributed by atoms with van der Waals surface area (Å²) in [7, 11) is 0. The van der Waals surface area contributed by atoms with Gasteiger partial charge in [-0.2, -0.15) is 0 Å². The highest BCUT2D eigenvalue weighted by Crippen LogP contribution is 2.35. The third-order valence-corrected chi connectivity index (χ3v) is 4.40. The first-order valence-electron chi connectivity index (χ1n) is 5.01. The third kappa shape index (κ3) is 2.39. The van der Waals surface area contributed by atoms with Crippen molar-refractivity contribution in [2.24, 2.45) is 5.92 Å². The lowest BCUT2D eigenvalue weighted by Gasteiger charge is -2.19. The maximum absolute atomic E-state index is 10.8. The van der Waals surface area contributed by atoms with Crippen molar-refractivity contribution in [3.05, 3.63) is 10.1 Å². The van der Waals surface area contributed by atoms with Crippen molar-refractivity contribution in [3.8, 4) is 0 Å². The zero-order valence-electron chi connectivity index (χ0n) is 8.55. The van der Waals surface area contributed by atoms with E-state index in [1.807, 2.05) is 6.92 Å². The molecular formula is C9H17NO3S. The Hall–Kier alpha value is -0.290. The van der Waals surface area contributed by atoms with Crippen LogP contribution in [-0.2, 0) is 0 Å². The maximum Gasteiger partial charge on any atom is 0.251 e. The summed E-state index contributed by atoms with van der Waals surface area (Å²) in [5.41, 5.74) is 0. The molecule has 1 aliphatic heterocycles. The van der Waals surface area contributed by atoms with Gasteiger partial charge in [0.2, 0.25) is 0 Å². The van der Waals surface area contributed by atoms with E-state index in [9.17, 15) is 15.2 Å². The predicted octanol–water partition coefficient (Wildman–Crippen LogP) is 1.54. The van der Waals surface area contributed by atoms with Gasteiger partial charge in [0.15, 0.2) is 0 Å². The molecule has 0 saturated carbocycles. The summed E-state index contributed by atoms with van der Waals surface area (Å²) < 4.78 is 0. The molecule has 0 aliphatic carbocycles. The molecular weight excluding hydrogens is 202 g/mol. The summed E-state index contributed by atoms with van der Waals surface area (Å²) in [6.07, 6.45) is 1.27. The first-order chi connectivity index (χ1) is 6.57. The topological polar surface area (TPSA) is 63.4 Å². The van der Waals surface area contributed by atoms with Crippen LogP contribution < -0.4 is 0 Å². The van der Waals surface area contributed by atoms with Crippen LogP contribution in [0.4, 0.5) is 0 Å². The molecule has 0 aromatic carbocycles. The quantitative estimate of drug-likeness (QED) is 0.575. The molecule has 0 spiro atoms. The van der Waals surface area contributed by atoms with E-state index in [1.165, 1.54) is 0 Å². The molecule has 0 aromatic heterocycles. The van der Waals surface area contributed by atoms with Crippen LogP contribution in [0.3, 0.4) is 0 Å². The smallest absolute Gasteiger partial charge is 0.251 e. The minimum Gasteiger partial charge on any atom is -0.385 e. The average Bonchev–Trinajstić information content (AvgIpc) is 2.47. The van der Waals surface area contributed by atoms with E-state index in [1.54, 1.807) is 11.8 Å². The van der Waals surface area contributed by atoms with Crippen LogP contribution in [0.1, 0.15) is 26.7 Å². The average molecular weight is 219 g/mol. The summed E-state index contributed by atoms with van der Waals surface area (Å²) >= 11 is 1.54. The molecule has 0 amide bonds.